The first kappa shape index (κ1) is 31.7. The van der Waals surface area contributed by atoms with Crippen LogP contribution in [0, 0.1) is 0 Å². The third-order valence-electron chi connectivity index (χ3n) is 7.40. The molecule has 10 heteroatoms. The van der Waals surface area contributed by atoms with Gasteiger partial charge in [-0.2, -0.15) is 0 Å². The first-order chi connectivity index (χ1) is 20.8. The molecule has 1 fully saturated rings. The number of hydrogen-bond donors (Lipinski definition) is 0. The number of likely N-dealkylation sites (N-methyl/N-ethyl adjacent to an activating group) is 1. The Hall–Kier alpha value is -3.75. The van der Waals surface area contributed by atoms with E-state index in [1.165, 1.54) is 0 Å². The molecule has 0 bridgehead atoms. The van der Waals surface area contributed by atoms with Gasteiger partial charge < -0.3 is 19.3 Å². The topological polar surface area (TPSA) is 74.7 Å². The van der Waals surface area contributed by atoms with Crippen molar-refractivity contribution in [1.82, 2.24) is 14.7 Å². The maximum atomic E-state index is 14.6. The van der Waals surface area contributed by atoms with E-state index in [0.29, 0.717) is 46.0 Å². The van der Waals surface area contributed by atoms with E-state index in [1.807, 2.05) is 101 Å². The van der Waals surface area contributed by atoms with Crippen LogP contribution in [0.5, 0.6) is 11.5 Å². The minimum atomic E-state index is -0.539. The molecular weight excluding hydrogens is 599 g/mol. The number of hydrogen-bond acceptors (Lipinski definition) is 5. The Bertz CT molecular complexity index is 1550. The van der Waals surface area contributed by atoms with Gasteiger partial charge >= 0.3 is 6.03 Å². The van der Waals surface area contributed by atoms with Gasteiger partial charge in [0.25, 0.3) is 0 Å². The van der Waals surface area contributed by atoms with Crippen molar-refractivity contribution in [2.75, 3.05) is 26.7 Å². The molecule has 2 atom stereocenters. The van der Waals surface area contributed by atoms with Crippen molar-refractivity contribution in [3.05, 3.63) is 93.5 Å². The smallest absolute Gasteiger partial charge is 0.326 e. The quantitative estimate of drug-likeness (QED) is 0.283. The fourth-order valence-corrected chi connectivity index (χ4v) is 5.64. The van der Waals surface area contributed by atoms with Crippen molar-refractivity contribution in [2.24, 2.45) is 4.99 Å². The fourth-order valence-electron chi connectivity index (χ4n) is 5.38. The lowest BCUT2D eigenvalue weighted by Crippen LogP contribution is -2.55. The van der Waals surface area contributed by atoms with Crippen LogP contribution in [0.25, 0.3) is 0 Å². The lowest BCUT2D eigenvalue weighted by molar-refractivity contribution is -0.133. The van der Waals surface area contributed by atoms with E-state index in [-0.39, 0.29) is 24.6 Å². The van der Waals surface area contributed by atoms with E-state index < -0.39 is 17.7 Å². The number of aliphatic imine (C=N–C) groups is 1. The van der Waals surface area contributed by atoms with Gasteiger partial charge in [0.05, 0.1) is 17.7 Å². The summed E-state index contributed by atoms with van der Waals surface area (Å²) in [7, 11) is 1.75. The van der Waals surface area contributed by atoms with Gasteiger partial charge in [0.2, 0.25) is 5.91 Å². The van der Waals surface area contributed by atoms with Crippen molar-refractivity contribution < 1.29 is 19.1 Å². The number of amidine groups is 1. The Morgan fingerprint density at radius 1 is 0.932 bits per heavy atom. The van der Waals surface area contributed by atoms with Gasteiger partial charge in [-0.25, -0.2) is 4.79 Å². The molecule has 232 valence electrons. The van der Waals surface area contributed by atoms with E-state index in [4.69, 9.17) is 37.7 Å². The Balaban J connectivity index is 1.70. The van der Waals surface area contributed by atoms with Gasteiger partial charge in [-0.15, -0.1) is 0 Å². The summed E-state index contributed by atoms with van der Waals surface area (Å²) in [6, 6.07) is 19.2. The van der Waals surface area contributed by atoms with Crippen LogP contribution in [-0.4, -0.2) is 70.9 Å². The van der Waals surface area contributed by atoms with Gasteiger partial charge in [0.15, 0.2) is 0 Å². The molecule has 3 amide bonds. The number of rotatable bonds is 6. The van der Waals surface area contributed by atoms with Crippen molar-refractivity contribution in [3.63, 3.8) is 0 Å². The van der Waals surface area contributed by atoms with Gasteiger partial charge in [0.1, 0.15) is 35.5 Å². The van der Waals surface area contributed by atoms with E-state index in [2.05, 4.69) is 0 Å². The summed E-state index contributed by atoms with van der Waals surface area (Å²) >= 11 is 12.6. The molecular formula is C34H38Cl2N4O4. The van der Waals surface area contributed by atoms with Gasteiger partial charge in [-0.05, 0) is 82.1 Å². The monoisotopic (exact) mass is 636 g/mol. The van der Waals surface area contributed by atoms with Crippen molar-refractivity contribution >= 4 is 41.0 Å². The first-order valence-corrected chi connectivity index (χ1v) is 15.5. The second kappa shape index (κ2) is 12.7. The van der Waals surface area contributed by atoms with Gasteiger partial charge in [-0.1, -0.05) is 47.5 Å². The summed E-state index contributed by atoms with van der Waals surface area (Å²) in [5.41, 5.74) is 1.96. The summed E-state index contributed by atoms with van der Waals surface area (Å²) in [6.07, 6.45) is -0.154. The summed E-state index contributed by atoms with van der Waals surface area (Å²) in [6.45, 7) is 10.7. The standard InChI is InChI=1S/C34H38Cl2N4O4/c1-21(2)43-28-19-26(44-34(3,4)5)15-16-27(28)32-37-30(22-7-11-24(35)12-8-22)31(23-9-13-25(36)14-10-23)40(32)33(42)39-18-17-38(6)29(41)20-39/h7-16,19,21,30-31H,17-18,20H2,1-6H3. The normalized spacial score (nSPS) is 19.0. The molecule has 44 heavy (non-hydrogen) atoms. The summed E-state index contributed by atoms with van der Waals surface area (Å²) in [4.78, 5) is 37.5. The average molecular weight is 638 g/mol. The highest BCUT2D eigenvalue weighted by Crippen LogP contribution is 2.46. The highest BCUT2D eigenvalue weighted by molar-refractivity contribution is 6.30. The molecule has 8 nitrogen and oxygen atoms in total. The molecule has 0 aliphatic carbocycles. The van der Waals surface area contributed by atoms with Crippen LogP contribution in [0.2, 0.25) is 10.0 Å². The van der Waals surface area contributed by atoms with Crippen LogP contribution in [0.15, 0.2) is 71.7 Å². The predicted molar refractivity (Wildman–Crippen MR) is 174 cm³/mol. The molecule has 2 aliphatic rings. The highest BCUT2D eigenvalue weighted by Gasteiger charge is 2.45. The predicted octanol–water partition coefficient (Wildman–Crippen LogP) is 7.40. The van der Waals surface area contributed by atoms with E-state index in [9.17, 15) is 9.59 Å². The van der Waals surface area contributed by atoms with E-state index >= 15 is 0 Å². The average Bonchev–Trinajstić information content (AvgIpc) is 3.34. The van der Waals surface area contributed by atoms with Crippen LogP contribution < -0.4 is 9.47 Å². The molecule has 2 unspecified atom stereocenters. The Morgan fingerprint density at radius 2 is 1.55 bits per heavy atom. The number of amides is 3. The van der Waals surface area contributed by atoms with Crippen LogP contribution >= 0.6 is 23.2 Å². The minimum absolute atomic E-state index is 0.0220. The number of carbonyl (C=O) groups excluding carboxylic acids is 2. The molecule has 1 saturated heterocycles. The van der Waals surface area contributed by atoms with Crippen molar-refractivity contribution in [2.45, 2.75) is 58.4 Å². The number of piperazine rings is 1. The zero-order valence-corrected chi connectivity index (χ0v) is 27.4. The third kappa shape index (κ3) is 6.97. The number of urea groups is 1. The fraction of sp³-hybridized carbons (Fsp3) is 0.382. The van der Waals surface area contributed by atoms with Crippen LogP contribution in [0.1, 0.15) is 63.4 Å². The third-order valence-corrected chi connectivity index (χ3v) is 7.91. The SMILES string of the molecule is CC(C)Oc1cc(OC(C)(C)C)ccc1C1=NC(c2ccc(Cl)cc2)C(c2ccc(Cl)cc2)N1C(=O)N1CCN(C)C(=O)C1. The molecule has 2 aliphatic heterocycles. The zero-order valence-electron chi connectivity index (χ0n) is 25.9. The van der Waals surface area contributed by atoms with Gasteiger partial charge in [0, 0.05) is 36.2 Å². The van der Waals surface area contributed by atoms with Crippen molar-refractivity contribution in [3.8, 4) is 11.5 Å². The number of halogens is 2. The molecule has 0 spiro atoms. The second-order valence-electron chi connectivity index (χ2n) is 12.4. The number of carbonyl (C=O) groups is 2. The van der Waals surface area contributed by atoms with Crippen LogP contribution in [-0.2, 0) is 4.79 Å². The second-order valence-corrected chi connectivity index (χ2v) is 13.2. The molecule has 3 aromatic rings. The molecule has 0 radical (unpaired) electrons. The van der Waals surface area contributed by atoms with Crippen LogP contribution in [0.3, 0.4) is 0 Å². The Labute approximate surface area is 269 Å². The molecule has 5 rings (SSSR count). The molecule has 0 aromatic heterocycles. The summed E-state index contributed by atoms with van der Waals surface area (Å²) in [5, 5.41) is 1.19. The maximum absolute atomic E-state index is 14.6. The Morgan fingerprint density at radius 3 is 2.11 bits per heavy atom. The maximum Gasteiger partial charge on any atom is 0.326 e. The van der Waals surface area contributed by atoms with E-state index in [1.54, 1.807) is 21.7 Å². The van der Waals surface area contributed by atoms with Crippen LogP contribution in [0.4, 0.5) is 4.79 Å². The van der Waals surface area contributed by atoms with Crippen molar-refractivity contribution in [1.29, 1.82) is 0 Å². The van der Waals surface area contributed by atoms with Gasteiger partial charge in [-0.3, -0.25) is 14.7 Å². The molecule has 0 saturated carbocycles. The molecule has 0 N–H and O–H groups in total. The lowest BCUT2D eigenvalue weighted by atomic mass is 9.93. The largest absolute Gasteiger partial charge is 0.490 e. The molecule has 2 heterocycles. The molecule has 3 aromatic carbocycles. The summed E-state index contributed by atoms with van der Waals surface area (Å²) in [5.74, 6) is 1.51. The number of ether oxygens (including phenoxy) is 2. The van der Waals surface area contributed by atoms with E-state index in [0.717, 1.165) is 11.1 Å². The number of nitrogens with zero attached hydrogens (tertiary/aromatic N) is 4. The summed E-state index contributed by atoms with van der Waals surface area (Å²) < 4.78 is 12.5. The zero-order chi connectivity index (χ0) is 31.8. The minimum Gasteiger partial charge on any atom is -0.490 e. The number of benzene rings is 3. The lowest BCUT2D eigenvalue weighted by Gasteiger charge is -2.37. The first-order valence-electron chi connectivity index (χ1n) is 14.7. The Kier molecular flexibility index (Phi) is 9.14. The highest BCUT2D eigenvalue weighted by atomic mass is 35.5.